The first-order valence-corrected chi connectivity index (χ1v) is 8.23. The first-order chi connectivity index (χ1) is 10.3. The van der Waals surface area contributed by atoms with Gasteiger partial charge < -0.3 is 14.6 Å². The van der Waals surface area contributed by atoms with E-state index in [0.29, 0.717) is 6.04 Å². The van der Waals surface area contributed by atoms with Crippen molar-refractivity contribution in [3.05, 3.63) is 36.1 Å². The number of fused-ring (bicyclic) bond motifs is 1. The van der Waals surface area contributed by atoms with E-state index in [1.807, 2.05) is 12.1 Å². The first kappa shape index (κ1) is 14.6. The summed E-state index contributed by atoms with van der Waals surface area (Å²) in [6.07, 6.45) is 3.74. The zero-order valence-corrected chi connectivity index (χ0v) is 13.1. The average Bonchev–Trinajstić information content (AvgIpc) is 2.94. The van der Waals surface area contributed by atoms with Crippen LogP contribution in [0, 0.1) is 0 Å². The molecule has 1 N–H and O–H groups in total. The van der Waals surface area contributed by atoms with Gasteiger partial charge in [0.25, 0.3) is 0 Å². The molecule has 1 aromatic carbocycles. The molecule has 3 nitrogen and oxygen atoms in total. The van der Waals surface area contributed by atoms with Gasteiger partial charge >= 0.3 is 0 Å². The molecule has 0 amide bonds. The van der Waals surface area contributed by atoms with Crippen LogP contribution >= 0.6 is 0 Å². The number of para-hydroxylation sites is 1. The molecular weight excluding hydrogens is 260 g/mol. The van der Waals surface area contributed by atoms with Crippen LogP contribution in [0.5, 0.6) is 0 Å². The van der Waals surface area contributed by atoms with E-state index in [9.17, 15) is 0 Å². The van der Waals surface area contributed by atoms with Crippen LogP contribution in [0.15, 0.2) is 34.7 Å². The molecule has 21 heavy (non-hydrogen) atoms. The Morgan fingerprint density at radius 1 is 1.29 bits per heavy atom. The Morgan fingerprint density at radius 3 is 2.76 bits per heavy atom. The van der Waals surface area contributed by atoms with Crippen molar-refractivity contribution in [2.24, 2.45) is 0 Å². The lowest BCUT2D eigenvalue weighted by atomic mass is 10.0. The maximum atomic E-state index is 5.96. The van der Waals surface area contributed by atoms with Crippen molar-refractivity contribution in [3.8, 4) is 0 Å². The van der Waals surface area contributed by atoms with Gasteiger partial charge in [0.1, 0.15) is 11.3 Å². The standard InChI is InChI=1S/C18H26N2O/c1-3-10-20-11-8-16(9-12-20)19-14(2)18-13-15-6-4-5-7-17(15)21-18/h4-7,13-14,16,19H,3,8-12H2,1-2H3. The van der Waals surface area contributed by atoms with Crippen LogP contribution in [-0.4, -0.2) is 30.6 Å². The molecule has 1 aliphatic rings. The molecule has 1 atom stereocenters. The lowest BCUT2D eigenvalue weighted by Gasteiger charge is -2.33. The van der Waals surface area contributed by atoms with Crippen molar-refractivity contribution >= 4 is 11.0 Å². The Kier molecular flexibility index (Phi) is 4.61. The summed E-state index contributed by atoms with van der Waals surface area (Å²) in [6.45, 7) is 8.15. The second kappa shape index (κ2) is 6.63. The van der Waals surface area contributed by atoms with Gasteiger partial charge in [0, 0.05) is 11.4 Å². The van der Waals surface area contributed by atoms with Crippen LogP contribution in [0.4, 0.5) is 0 Å². The molecule has 1 saturated heterocycles. The lowest BCUT2D eigenvalue weighted by molar-refractivity contribution is 0.190. The Balaban J connectivity index is 1.58. The van der Waals surface area contributed by atoms with E-state index in [0.717, 1.165) is 11.3 Å². The largest absolute Gasteiger partial charge is 0.459 e. The van der Waals surface area contributed by atoms with Crippen LogP contribution in [0.3, 0.4) is 0 Å². The molecular formula is C18H26N2O. The highest BCUT2D eigenvalue weighted by molar-refractivity contribution is 5.77. The maximum Gasteiger partial charge on any atom is 0.134 e. The van der Waals surface area contributed by atoms with Crippen LogP contribution in [0.2, 0.25) is 0 Å². The molecule has 1 fully saturated rings. The highest BCUT2D eigenvalue weighted by Crippen LogP contribution is 2.24. The van der Waals surface area contributed by atoms with E-state index in [1.165, 1.54) is 44.3 Å². The van der Waals surface area contributed by atoms with E-state index in [1.54, 1.807) is 0 Å². The fourth-order valence-corrected chi connectivity index (χ4v) is 3.29. The van der Waals surface area contributed by atoms with E-state index in [4.69, 9.17) is 4.42 Å². The van der Waals surface area contributed by atoms with Gasteiger partial charge in [0.15, 0.2) is 0 Å². The number of hydrogen-bond donors (Lipinski definition) is 1. The third kappa shape index (κ3) is 3.47. The van der Waals surface area contributed by atoms with Crippen LogP contribution in [0.25, 0.3) is 11.0 Å². The molecule has 1 aromatic heterocycles. The number of nitrogens with one attached hydrogen (secondary N) is 1. The number of piperidine rings is 1. The number of hydrogen-bond acceptors (Lipinski definition) is 3. The minimum Gasteiger partial charge on any atom is -0.459 e. The predicted molar refractivity (Wildman–Crippen MR) is 87.5 cm³/mol. The topological polar surface area (TPSA) is 28.4 Å². The monoisotopic (exact) mass is 286 g/mol. The molecule has 3 heteroatoms. The van der Waals surface area contributed by atoms with E-state index in [-0.39, 0.29) is 6.04 Å². The van der Waals surface area contributed by atoms with Crippen molar-refractivity contribution in [1.29, 1.82) is 0 Å². The van der Waals surface area contributed by atoms with Crippen molar-refractivity contribution in [3.63, 3.8) is 0 Å². The third-order valence-corrected chi connectivity index (χ3v) is 4.48. The van der Waals surface area contributed by atoms with Gasteiger partial charge in [-0.3, -0.25) is 0 Å². The molecule has 2 heterocycles. The fraction of sp³-hybridized carbons (Fsp3) is 0.556. The van der Waals surface area contributed by atoms with Gasteiger partial charge in [0.2, 0.25) is 0 Å². The number of nitrogens with zero attached hydrogens (tertiary/aromatic N) is 1. The summed E-state index contributed by atoms with van der Waals surface area (Å²) in [4.78, 5) is 2.57. The summed E-state index contributed by atoms with van der Waals surface area (Å²) in [6, 6.07) is 11.3. The minimum atomic E-state index is 0.278. The Labute approximate surface area is 127 Å². The Morgan fingerprint density at radius 2 is 2.05 bits per heavy atom. The van der Waals surface area contributed by atoms with Crippen molar-refractivity contribution in [2.75, 3.05) is 19.6 Å². The van der Waals surface area contributed by atoms with Crippen LogP contribution < -0.4 is 5.32 Å². The van der Waals surface area contributed by atoms with Gasteiger partial charge in [-0.25, -0.2) is 0 Å². The van der Waals surface area contributed by atoms with E-state index < -0.39 is 0 Å². The van der Waals surface area contributed by atoms with Crippen LogP contribution in [-0.2, 0) is 0 Å². The van der Waals surface area contributed by atoms with Crippen molar-refractivity contribution in [2.45, 2.75) is 45.2 Å². The SMILES string of the molecule is CCCN1CCC(NC(C)c2cc3ccccc3o2)CC1. The first-order valence-electron chi connectivity index (χ1n) is 8.23. The number of furan rings is 1. The molecule has 0 bridgehead atoms. The minimum absolute atomic E-state index is 0.278. The summed E-state index contributed by atoms with van der Waals surface area (Å²) in [5.74, 6) is 1.05. The smallest absolute Gasteiger partial charge is 0.134 e. The molecule has 0 radical (unpaired) electrons. The second-order valence-electron chi connectivity index (χ2n) is 6.19. The molecule has 1 unspecified atom stereocenters. The number of rotatable bonds is 5. The molecule has 0 aliphatic carbocycles. The molecule has 1 aliphatic heterocycles. The fourth-order valence-electron chi connectivity index (χ4n) is 3.29. The van der Waals surface area contributed by atoms with E-state index in [2.05, 4.69) is 42.3 Å². The summed E-state index contributed by atoms with van der Waals surface area (Å²) >= 11 is 0. The quantitative estimate of drug-likeness (QED) is 0.902. The van der Waals surface area contributed by atoms with Gasteiger partial charge in [0.05, 0.1) is 6.04 Å². The zero-order chi connectivity index (χ0) is 14.7. The highest BCUT2D eigenvalue weighted by Gasteiger charge is 2.21. The predicted octanol–water partition coefficient (Wildman–Crippen LogP) is 3.96. The lowest BCUT2D eigenvalue weighted by Crippen LogP contribution is -2.43. The number of benzene rings is 1. The molecule has 114 valence electrons. The summed E-state index contributed by atoms with van der Waals surface area (Å²) in [5.41, 5.74) is 0.985. The Bertz CT molecular complexity index is 536. The second-order valence-corrected chi connectivity index (χ2v) is 6.19. The van der Waals surface area contributed by atoms with Crippen molar-refractivity contribution in [1.82, 2.24) is 10.2 Å². The average molecular weight is 286 g/mol. The van der Waals surface area contributed by atoms with Gasteiger partial charge in [-0.1, -0.05) is 25.1 Å². The van der Waals surface area contributed by atoms with Gasteiger partial charge in [-0.2, -0.15) is 0 Å². The van der Waals surface area contributed by atoms with Gasteiger partial charge in [-0.05, 0) is 58.0 Å². The van der Waals surface area contributed by atoms with Gasteiger partial charge in [-0.15, -0.1) is 0 Å². The zero-order valence-electron chi connectivity index (χ0n) is 13.1. The summed E-state index contributed by atoms with van der Waals surface area (Å²) < 4.78 is 5.96. The summed E-state index contributed by atoms with van der Waals surface area (Å²) in [7, 11) is 0. The number of likely N-dealkylation sites (tertiary alicyclic amines) is 1. The van der Waals surface area contributed by atoms with Crippen molar-refractivity contribution < 1.29 is 4.42 Å². The highest BCUT2D eigenvalue weighted by atomic mass is 16.3. The Hall–Kier alpha value is -1.32. The molecule has 2 aromatic rings. The summed E-state index contributed by atoms with van der Waals surface area (Å²) in [5, 5.41) is 4.93. The normalized spacial score (nSPS) is 19.1. The van der Waals surface area contributed by atoms with Crippen LogP contribution in [0.1, 0.15) is 44.9 Å². The maximum absolute atomic E-state index is 5.96. The van der Waals surface area contributed by atoms with E-state index >= 15 is 0 Å². The molecule has 3 rings (SSSR count). The third-order valence-electron chi connectivity index (χ3n) is 4.48. The molecule has 0 spiro atoms. The molecule has 0 saturated carbocycles.